The van der Waals surface area contributed by atoms with Crippen LogP contribution >= 0.6 is 0 Å². The first-order chi connectivity index (χ1) is 12.7. The predicted octanol–water partition coefficient (Wildman–Crippen LogP) is 4.25. The van der Waals surface area contributed by atoms with Gasteiger partial charge in [0, 0.05) is 37.1 Å². The number of alkyl halides is 3. The molecule has 2 aliphatic rings. The summed E-state index contributed by atoms with van der Waals surface area (Å²) in [6, 6.07) is 4.85. The zero-order valence-electron chi connectivity index (χ0n) is 16.1. The van der Waals surface area contributed by atoms with E-state index in [0.717, 1.165) is 25.7 Å². The van der Waals surface area contributed by atoms with E-state index in [2.05, 4.69) is 5.32 Å². The van der Waals surface area contributed by atoms with E-state index in [1.807, 2.05) is 18.7 Å². The van der Waals surface area contributed by atoms with Crippen molar-refractivity contribution in [3.05, 3.63) is 23.8 Å². The molecule has 3 N–H and O–H groups in total. The quantitative estimate of drug-likeness (QED) is 0.814. The van der Waals surface area contributed by atoms with Crippen molar-refractivity contribution in [2.24, 2.45) is 11.7 Å². The average molecular weight is 385 g/mol. The molecule has 27 heavy (non-hydrogen) atoms. The van der Waals surface area contributed by atoms with Crippen molar-refractivity contribution < 1.29 is 17.9 Å². The van der Waals surface area contributed by atoms with Crippen LogP contribution in [-0.4, -0.2) is 37.9 Å². The highest BCUT2D eigenvalue weighted by Gasteiger charge is 2.35. The van der Waals surface area contributed by atoms with Gasteiger partial charge in [-0.1, -0.05) is 0 Å². The highest BCUT2D eigenvalue weighted by Crippen LogP contribution is 2.38. The maximum Gasteiger partial charge on any atom is 0.418 e. The van der Waals surface area contributed by atoms with Crippen LogP contribution in [0.2, 0.25) is 0 Å². The topological polar surface area (TPSA) is 50.5 Å². The molecule has 7 heteroatoms. The molecule has 2 unspecified atom stereocenters. The molecule has 152 valence electrons. The lowest BCUT2D eigenvalue weighted by molar-refractivity contribution is -0.136. The van der Waals surface area contributed by atoms with E-state index in [1.54, 1.807) is 12.1 Å². The van der Waals surface area contributed by atoms with Gasteiger partial charge < -0.3 is 20.7 Å². The predicted molar refractivity (Wildman–Crippen MR) is 102 cm³/mol. The zero-order chi connectivity index (χ0) is 19.6. The number of ether oxygens (including phenoxy) is 1. The average Bonchev–Trinajstić information content (AvgIpc) is 2.59. The molecular weight excluding hydrogens is 355 g/mol. The first kappa shape index (κ1) is 20.3. The van der Waals surface area contributed by atoms with Crippen molar-refractivity contribution in [1.82, 2.24) is 0 Å². The minimum Gasteiger partial charge on any atom is -0.384 e. The standard InChI is InChI=1S/C20H30F3N3O/c1-13-11-26(12-14(2)27-13)17-7-8-19(18(9-17)20(21,22)23)25-10-15-3-5-16(24)6-4-15/h7-9,13-16,25H,3-6,10-12,24H2,1-2H3/t13?,14?,15-,16-. The van der Waals surface area contributed by atoms with Gasteiger partial charge in [0.15, 0.2) is 0 Å². The summed E-state index contributed by atoms with van der Waals surface area (Å²) in [6.45, 7) is 5.63. The first-order valence-corrected chi connectivity index (χ1v) is 9.83. The molecule has 1 aliphatic carbocycles. The van der Waals surface area contributed by atoms with Gasteiger partial charge in [0.25, 0.3) is 0 Å². The minimum absolute atomic E-state index is 0.00133. The van der Waals surface area contributed by atoms with E-state index in [-0.39, 0.29) is 23.9 Å². The van der Waals surface area contributed by atoms with Crippen molar-refractivity contribution in [2.45, 2.75) is 64.0 Å². The van der Waals surface area contributed by atoms with Crippen LogP contribution in [0.5, 0.6) is 0 Å². The fourth-order valence-electron chi connectivity index (χ4n) is 4.15. The Morgan fingerprint density at radius 1 is 1.11 bits per heavy atom. The Bertz CT molecular complexity index is 619. The molecule has 4 nitrogen and oxygen atoms in total. The number of benzene rings is 1. The summed E-state index contributed by atoms with van der Waals surface area (Å²) in [7, 11) is 0. The molecule has 2 atom stereocenters. The fourth-order valence-corrected chi connectivity index (χ4v) is 4.15. The van der Waals surface area contributed by atoms with Crippen molar-refractivity contribution in [3.63, 3.8) is 0 Å². The number of hydrogen-bond donors (Lipinski definition) is 2. The van der Waals surface area contributed by atoms with Crippen LogP contribution in [-0.2, 0) is 10.9 Å². The molecule has 1 aromatic rings. The van der Waals surface area contributed by atoms with Gasteiger partial charge in [0.05, 0.1) is 17.8 Å². The Morgan fingerprint density at radius 2 is 1.74 bits per heavy atom. The van der Waals surface area contributed by atoms with Gasteiger partial charge in [0.1, 0.15) is 0 Å². The van der Waals surface area contributed by atoms with Gasteiger partial charge in [-0.05, 0) is 63.6 Å². The maximum absolute atomic E-state index is 13.7. The third-order valence-corrected chi connectivity index (χ3v) is 5.57. The van der Waals surface area contributed by atoms with Gasteiger partial charge in [-0.25, -0.2) is 0 Å². The SMILES string of the molecule is CC1CN(c2ccc(NC[C@H]3CC[C@H](N)CC3)c(C(F)(F)F)c2)CC(C)O1. The van der Waals surface area contributed by atoms with Crippen LogP contribution in [0.1, 0.15) is 45.1 Å². The van der Waals surface area contributed by atoms with Crippen molar-refractivity contribution in [1.29, 1.82) is 0 Å². The van der Waals surface area contributed by atoms with Crippen molar-refractivity contribution in [2.75, 3.05) is 29.9 Å². The number of nitrogens with one attached hydrogen (secondary N) is 1. The zero-order valence-corrected chi connectivity index (χ0v) is 16.1. The molecule has 0 amide bonds. The molecule has 0 spiro atoms. The Labute approximate surface area is 159 Å². The van der Waals surface area contributed by atoms with Gasteiger partial charge in [-0.2, -0.15) is 13.2 Å². The van der Waals surface area contributed by atoms with Gasteiger partial charge in [0.2, 0.25) is 0 Å². The van der Waals surface area contributed by atoms with E-state index in [0.29, 0.717) is 31.2 Å². The number of nitrogens with two attached hydrogens (primary N) is 1. The van der Waals surface area contributed by atoms with Gasteiger partial charge in [-0.3, -0.25) is 0 Å². The molecular formula is C20H30F3N3O. The summed E-state index contributed by atoms with van der Waals surface area (Å²) in [5.41, 5.74) is 6.07. The molecule has 1 aromatic carbocycles. The van der Waals surface area contributed by atoms with Gasteiger partial charge >= 0.3 is 6.18 Å². The molecule has 0 bridgehead atoms. The largest absolute Gasteiger partial charge is 0.418 e. The number of nitrogens with zero attached hydrogens (tertiary/aromatic N) is 1. The summed E-state index contributed by atoms with van der Waals surface area (Å²) in [5, 5.41) is 3.05. The van der Waals surface area contributed by atoms with E-state index in [4.69, 9.17) is 10.5 Å². The number of halogens is 3. The lowest BCUT2D eigenvalue weighted by Gasteiger charge is -2.37. The van der Waals surface area contributed by atoms with Crippen LogP contribution in [0.15, 0.2) is 18.2 Å². The number of rotatable bonds is 4. The van der Waals surface area contributed by atoms with E-state index in [1.165, 1.54) is 6.07 Å². The summed E-state index contributed by atoms with van der Waals surface area (Å²) in [5.74, 6) is 0.381. The van der Waals surface area contributed by atoms with Crippen molar-refractivity contribution >= 4 is 11.4 Å². The monoisotopic (exact) mass is 385 g/mol. The highest BCUT2D eigenvalue weighted by atomic mass is 19.4. The smallest absolute Gasteiger partial charge is 0.384 e. The molecule has 1 saturated carbocycles. The molecule has 0 aromatic heterocycles. The highest BCUT2D eigenvalue weighted by molar-refractivity contribution is 5.62. The lowest BCUT2D eigenvalue weighted by Crippen LogP contribution is -2.45. The first-order valence-electron chi connectivity index (χ1n) is 9.83. The fraction of sp³-hybridized carbons (Fsp3) is 0.700. The maximum atomic E-state index is 13.7. The molecule has 1 aliphatic heterocycles. The second-order valence-electron chi connectivity index (χ2n) is 8.05. The Morgan fingerprint density at radius 3 is 2.33 bits per heavy atom. The second kappa shape index (κ2) is 8.27. The Hall–Kier alpha value is -1.47. The van der Waals surface area contributed by atoms with E-state index < -0.39 is 11.7 Å². The molecule has 2 fully saturated rings. The van der Waals surface area contributed by atoms with E-state index in [9.17, 15) is 13.2 Å². The third-order valence-electron chi connectivity index (χ3n) is 5.57. The summed E-state index contributed by atoms with van der Waals surface area (Å²) in [4.78, 5) is 1.97. The van der Waals surface area contributed by atoms with Crippen LogP contribution < -0.4 is 16.0 Å². The number of morpholine rings is 1. The normalized spacial score (nSPS) is 29.6. The van der Waals surface area contributed by atoms with Crippen LogP contribution in [0.25, 0.3) is 0 Å². The van der Waals surface area contributed by atoms with Gasteiger partial charge in [-0.15, -0.1) is 0 Å². The molecule has 3 rings (SSSR count). The second-order valence-corrected chi connectivity index (χ2v) is 8.05. The van der Waals surface area contributed by atoms with E-state index >= 15 is 0 Å². The van der Waals surface area contributed by atoms with Crippen LogP contribution in [0.4, 0.5) is 24.5 Å². The Kier molecular flexibility index (Phi) is 6.21. The van der Waals surface area contributed by atoms with Crippen molar-refractivity contribution in [3.8, 4) is 0 Å². The van der Waals surface area contributed by atoms with Crippen LogP contribution in [0.3, 0.4) is 0 Å². The Balaban J connectivity index is 1.74. The number of anilines is 2. The van der Waals surface area contributed by atoms with Crippen LogP contribution in [0, 0.1) is 5.92 Å². The molecule has 1 heterocycles. The summed E-state index contributed by atoms with van der Waals surface area (Å²) in [6.07, 6.45) is -0.558. The lowest BCUT2D eigenvalue weighted by atomic mass is 9.86. The number of hydrogen-bond acceptors (Lipinski definition) is 4. The molecule has 1 saturated heterocycles. The third kappa shape index (κ3) is 5.29. The summed E-state index contributed by atoms with van der Waals surface area (Å²) < 4.78 is 46.7. The minimum atomic E-state index is -4.39. The summed E-state index contributed by atoms with van der Waals surface area (Å²) >= 11 is 0. The molecule has 0 radical (unpaired) electrons.